The number of carbonyl (C=O) groups excluding carboxylic acids is 2. The van der Waals surface area contributed by atoms with Crippen molar-refractivity contribution in [2.75, 3.05) is 47.0 Å². The number of ketones is 1. The number of rotatable bonds is 10. The van der Waals surface area contributed by atoms with Gasteiger partial charge in [-0.15, -0.1) is 0 Å². The quantitative estimate of drug-likeness (QED) is 0.292. The van der Waals surface area contributed by atoms with E-state index in [9.17, 15) is 14.7 Å². The Morgan fingerprint density at radius 2 is 1.86 bits per heavy atom. The fourth-order valence-corrected chi connectivity index (χ4v) is 4.55. The minimum atomic E-state index is -0.732. The molecule has 1 N–H and O–H groups in total. The first-order chi connectivity index (χ1) is 17.8. The highest BCUT2D eigenvalue weighted by Crippen LogP contribution is 2.41. The van der Waals surface area contributed by atoms with Crippen LogP contribution in [0.4, 0.5) is 0 Å². The van der Waals surface area contributed by atoms with Gasteiger partial charge in [-0.3, -0.25) is 9.59 Å². The Hall–Kier alpha value is -3.52. The van der Waals surface area contributed by atoms with Gasteiger partial charge in [-0.25, -0.2) is 0 Å². The molecule has 8 heteroatoms. The van der Waals surface area contributed by atoms with Crippen LogP contribution in [0.25, 0.3) is 5.76 Å². The first-order valence-electron chi connectivity index (χ1n) is 12.8. The normalized spacial score (nSPS) is 18.6. The zero-order chi connectivity index (χ0) is 26.5. The van der Waals surface area contributed by atoms with Crippen LogP contribution in [0.15, 0.2) is 48.0 Å². The molecule has 2 aliphatic heterocycles. The largest absolute Gasteiger partial charge is 0.507 e. The molecule has 8 nitrogen and oxygen atoms in total. The predicted octanol–water partition coefficient (Wildman–Crippen LogP) is 4.26. The Morgan fingerprint density at radius 1 is 1.11 bits per heavy atom. The van der Waals surface area contributed by atoms with E-state index in [0.717, 1.165) is 13.0 Å². The van der Waals surface area contributed by atoms with E-state index >= 15 is 0 Å². The summed E-state index contributed by atoms with van der Waals surface area (Å²) >= 11 is 0. The molecular formula is C29H36N2O6. The summed E-state index contributed by atoms with van der Waals surface area (Å²) in [5.41, 5.74) is 1.17. The lowest BCUT2D eigenvalue weighted by Crippen LogP contribution is -2.32. The third kappa shape index (κ3) is 6.07. The number of hydrogen-bond donors (Lipinski definition) is 1. The number of likely N-dealkylation sites (tertiary alicyclic amines) is 1. The highest BCUT2D eigenvalue weighted by atomic mass is 16.6. The molecule has 0 unspecified atom stereocenters. The molecule has 2 aromatic carbocycles. The maximum absolute atomic E-state index is 13.3. The van der Waals surface area contributed by atoms with E-state index < -0.39 is 17.7 Å². The van der Waals surface area contributed by atoms with Gasteiger partial charge in [-0.1, -0.05) is 26.0 Å². The van der Waals surface area contributed by atoms with E-state index in [1.54, 1.807) is 23.1 Å². The Bertz CT molecular complexity index is 1170. The Balaban J connectivity index is 1.73. The van der Waals surface area contributed by atoms with Crippen molar-refractivity contribution in [1.29, 1.82) is 0 Å². The van der Waals surface area contributed by atoms with E-state index in [0.29, 0.717) is 67.1 Å². The predicted molar refractivity (Wildman–Crippen MR) is 141 cm³/mol. The van der Waals surface area contributed by atoms with Gasteiger partial charge in [-0.05, 0) is 75.3 Å². The smallest absolute Gasteiger partial charge is 0.295 e. The first-order valence-corrected chi connectivity index (χ1v) is 12.8. The molecule has 2 heterocycles. The first kappa shape index (κ1) is 26.5. The van der Waals surface area contributed by atoms with Crippen LogP contribution in [-0.4, -0.2) is 73.6 Å². The maximum Gasteiger partial charge on any atom is 0.295 e. The summed E-state index contributed by atoms with van der Waals surface area (Å²) < 4.78 is 17.2. The van der Waals surface area contributed by atoms with Gasteiger partial charge in [0, 0.05) is 12.1 Å². The lowest BCUT2D eigenvalue weighted by Gasteiger charge is -2.26. The third-order valence-corrected chi connectivity index (χ3v) is 6.50. The van der Waals surface area contributed by atoms with Crippen molar-refractivity contribution in [3.8, 4) is 17.2 Å². The summed E-state index contributed by atoms with van der Waals surface area (Å²) in [6.45, 7) is 6.84. The molecule has 0 spiro atoms. The summed E-state index contributed by atoms with van der Waals surface area (Å²) in [5.74, 6) is 0.695. The van der Waals surface area contributed by atoms with Crippen LogP contribution in [0.5, 0.6) is 17.2 Å². The van der Waals surface area contributed by atoms with Gasteiger partial charge in [0.2, 0.25) is 0 Å². The van der Waals surface area contributed by atoms with Crippen molar-refractivity contribution < 1.29 is 28.9 Å². The molecule has 2 aliphatic rings. The summed E-state index contributed by atoms with van der Waals surface area (Å²) in [6.07, 6.45) is 1.60. The zero-order valence-electron chi connectivity index (χ0n) is 22.0. The molecule has 0 radical (unpaired) electrons. The van der Waals surface area contributed by atoms with Crippen molar-refractivity contribution >= 4 is 17.4 Å². The second kappa shape index (κ2) is 11.7. The van der Waals surface area contributed by atoms with Crippen LogP contribution < -0.4 is 14.2 Å². The minimum absolute atomic E-state index is 0.0610. The van der Waals surface area contributed by atoms with Crippen molar-refractivity contribution in [2.24, 2.45) is 5.92 Å². The molecule has 1 fully saturated rings. The van der Waals surface area contributed by atoms with Crippen LogP contribution in [0, 0.1) is 5.92 Å². The van der Waals surface area contributed by atoms with Gasteiger partial charge in [0.25, 0.3) is 11.7 Å². The molecule has 0 aromatic heterocycles. The van der Waals surface area contributed by atoms with Crippen LogP contribution in [-0.2, 0) is 9.59 Å². The molecule has 37 heavy (non-hydrogen) atoms. The standard InChI is InChI=1S/C29H36N2O6/c1-19(2)11-14-35-22-8-5-7-20(17-22)26-25(28(33)29(34)31(26)13-6-12-30(3)4)27(32)21-9-10-23-24(18-21)37-16-15-36-23/h5,7-10,17-19,26,32H,6,11-16H2,1-4H3/t26-/m0/s1. The summed E-state index contributed by atoms with van der Waals surface area (Å²) in [5, 5.41) is 11.4. The van der Waals surface area contributed by atoms with Gasteiger partial charge < -0.3 is 29.1 Å². The number of carbonyl (C=O) groups is 2. The Kier molecular flexibility index (Phi) is 8.38. The SMILES string of the molecule is CC(C)CCOc1cccc([C@H]2C(=C(O)c3ccc4c(c3)OCCO4)C(=O)C(=O)N2CCCN(C)C)c1. The number of amides is 1. The van der Waals surface area contributed by atoms with Crippen molar-refractivity contribution in [3.05, 3.63) is 59.2 Å². The van der Waals surface area contributed by atoms with Gasteiger partial charge in [0.1, 0.15) is 24.7 Å². The number of hydrogen-bond acceptors (Lipinski definition) is 7. The van der Waals surface area contributed by atoms with Crippen molar-refractivity contribution in [3.63, 3.8) is 0 Å². The van der Waals surface area contributed by atoms with Crippen LogP contribution in [0.2, 0.25) is 0 Å². The van der Waals surface area contributed by atoms with E-state index in [1.807, 2.05) is 43.3 Å². The van der Waals surface area contributed by atoms with Crippen molar-refractivity contribution in [2.45, 2.75) is 32.7 Å². The Morgan fingerprint density at radius 3 is 2.59 bits per heavy atom. The highest BCUT2D eigenvalue weighted by molar-refractivity contribution is 6.46. The molecule has 1 atom stereocenters. The average Bonchev–Trinajstić information content (AvgIpc) is 3.13. The second-order valence-electron chi connectivity index (χ2n) is 10.1. The lowest BCUT2D eigenvalue weighted by atomic mass is 9.95. The molecule has 1 saturated heterocycles. The molecule has 1 amide bonds. The number of Topliss-reactive ketones (excluding diaryl/α,β-unsaturated/α-hetero) is 1. The van der Waals surface area contributed by atoms with Crippen LogP contribution in [0.1, 0.15) is 43.9 Å². The van der Waals surface area contributed by atoms with E-state index in [4.69, 9.17) is 14.2 Å². The van der Waals surface area contributed by atoms with Gasteiger partial charge in [-0.2, -0.15) is 0 Å². The molecular weight excluding hydrogens is 472 g/mol. The maximum atomic E-state index is 13.3. The number of aliphatic hydroxyl groups is 1. The number of ether oxygens (including phenoxy) is 3. The zero-order valence-corrected chi connectivity index (χ0v) is 22.0. The Labute approximate surface area is 218 Å². The molecule has 2 aromatic rings. The molecule has 198 valence electrons. The molecule has 0 aliphatic carbocycles. The minimum Gasteiger partial charge on any atom is -0.507 e. The molecule has 4 rings (SSSR count). The van der Waals surface area contributed by atoms with Crippen LogP contribution in [0.3, 0.4) is 0 Å². The van der Waals surface area contributed by atoms with Gasteiger partial charge in [0.15, 0.2) is 11.5 Å². The number of nitrogens with zero attached hydrogens (tertiary/aromatic N) is 2. The van der Waals surface area contributed by atoms with Gasteiger partial charge in [0.05, 0.1) is 18.2 Å². The highest BCUT2D eigenvalue weighted by Gasteiger charge is 2.46. The molecule has 0 bridgehead atoms. The summed E-state index contributed by atoms with van der Waals surface area (Å²) in [7, 11) is 3.93. The van der Waals surface area contributed by atoms with Crippen molar-refractivity contribution in [1.82, 2.24) is 9.80 Å². The fourth-order valence-electron chi connectivity index (χ4n) is 4.55. The second-order valence-corrected chi connectivity index (χ2v) is 10.1. The summed E-state index contributed by atoms with van der Waals surface area (Å²) in [4.78, 5) is 30.1. The lowest BCUT2D eigenvalue weighted by molar-refractivity contribution is -0.139. The average molecular weight is 509 g/mol. The molecule has 0 saturated carbocycles. The third-order valence-electron chi connectivity index (χ3n) is 6.50. The van der Waals surface area contributed by atoms with E-state index in [2.05, 4.69) is 13.8 Å². The topological polar surface area (TPSA) is 88.5 Å². The van der Waals surface area contributed by atoms with Crippen LogP contribution >= 0.6 is 0 Å². The number of aliphatic hydroxyl groups excluding tert-OH is 1. The summed E-state index contributed by atoms with van der Waals surface area (Å²) in [6, 6.07) is 11.7. The number of benzene rings is 2. The van der Waals surface area contributed by atoms with E-state index in [1.165, 1.54) is 0 Å². The monoisotopic (exact) mass is 508 g/mol. The fraction of sp³-hybridized carbons (Fsp3) is 0.448. The number of fused-ring (bicyclic) bond motifs is 1. The van der Waals surface area contributed by atoms with E-state index in [-0.39, 0.29) is 11.3 Å². The van der Waals surface area contributed by atoms with Gasteiger partial charge >= 0.3 is 0 Å².